The Balaban J connectivity index is 0.000000163. The molecule has 0 aliphatic heterocycles. The Bertz CT molecular complexity index is 7140. The third-order valence-electron chi connectivity index (χ3n) is 23.6. The van der Waals surface area contributed by atoms with E-state index in [4.69, 9.17) is 25.0 Å². The van der Waals surface area contributed by atoms with Crippen LogP contribution < -0.4 is 41.2 Å². The number of aryl methyl sites for hydroxylation is 1. The molecular weight excluding hydrogens is 2100 g/mol. The number of nitrogens with two attached hydrogens (primary N) is 4. The molecule has 0 bridgehead atoms. The first-order chi connectivity index (χ1) is 68.8. The van der Waals surface area contributed by atoms with Crippen molar-refractivity contribution in [2.45, 2.75) is 145 Å². The number of anilines is 3. The molecule has 58 heteroatoms. The summed E-state index contributed by atoms with van der Waals surface area (Å²) in [5.41, 5.74) is 1.88. The fourth-order valence-corrected chi connectivity index (χ4v) is 18.5. The molecule has 16 rings (SSSR count). The van der Waals surface area contributed by atoms with Crippen molar-refractivity contribution in [3.05, 3.63) is 285 Å². The fourth-order valence-electron chi connectivity index (χ4n) is 16.7. The lowest BCUT2D eigenvalue weighted by atomic mass is 9.95. The van der Waals surface area contributed by atoms with Gasteiger partial charge >= 0.3 is 53.8 Å². The van der Waals surface area contributed by atoms with Crippen LogP contribution in [0.5, 0.6) is 5.75 Å². The number of nitrogens with zero attached hydrogens (tertiary/aromatic N) is 14. The maximum Gasteiger partial charge on any atom is 0.573 e. The van der Waals surface area contributed by atoms with Crippen LogP contribution in [0.2, 0.25) is 0 Å². The lowest BCUT2D eigenvalue weighted by Gasteiger charge is -2.18. The summed E-state index contributed by atoms with van der Waals surface area (Å²) in [6.45, 7) is 0.788. The van der Waals surface area contributed by atoms with Gasteiger partial charge in [-0.15, -0.1) is 13.2 Å². The average molecular weight is 2190 g/mol. The van der Waals surface area contributed by atoms with E-state index in [2.05, 4.69) is 103 Å². The Kier molecular flexibility index (Phi) is 35.8. The van der Waals surface area contributed by atoms with Gasteiger partial charge in [-0.2, -0.15) is 57.0 Å². The SMILES string of the molecule is Cc1cccc(Cn2ccc(C(=O)c3cncnc3N[C@@H]3C[C@H](COS(N)(=O)=O)[C@@H](O)C3)n2)c1F.NS(=O)(=O)OC[C@H]1C[C@@H](Cc2ncncc2C(=O)c2ccn(Cc3ccc(F)c(C(F)(F)F)c3)c2)C[C@@H]1O.NS(=O)(=O)OC[C@H]1C[C@@H](Nc2ncncc2C(=O)c2ccn(Cc3ccc(Br)o3)c2)[C@@H](F)[C@@H]1O.NS(=O)(=O)OC[C@H]1C[C@@H](Nc2ncncc2C(=O)c2ccn(Cc3cccc(OC(F)(F)F)c3)n2)[C@@H](F)[C@@H]1O. The van der Waals surface area contributed by atoms with Gasteiger partial charge in [0, 0.05) is 115 Å². The monoisotopic (exact) mass is 2190 g/mol. The van der Waals surface area contributed by atoms with Gasteiger partial charge in [0.1, 0.15) is 89.6 Å². The lowest BCUT2D eigenvalue weighted by molar-refractivity contribution is -0.274. The smallest absolute Gasteiger partial charge is 0.452 e. The van der Waals surface area contributed by atoms with Crippen LogP contribution in [0.15, 0.2) is 193 Å². The number of ether oxygens (including phenoxy) is 1. The quantitative estimate of drug-likeness (QED) is 0.0135. The van der Waals surface area contributed by atoms with E-state index < -0.39 is 174 Å². The van der Waals surface area contributed by atoms with Crippen molar-refractivity contribution in [2.24, 2.45) is 50.1 Å². The summed E-state index contributed by atoms with van der Waals surface area (Å²) >= 11 is 3.24. The predicted octanol–water partition coefficient (Wildman–Crippen LogP) is 7.24. The highest BCUT2D eigenvalue weighted by atomic mass is 79.9. The number of hydrogen-bond donors (Lipinski definition) is 11. The van der Waals surface area contributed by atoms with Crippen molar-refractivity contribution in [1.29, 1.82) is 0 Å². The summed E-state index contributed by atoms with van der Waals surface area (Å²) in [5.74, 6) is -5.64. The average Bonchev–Trinajstić information content (AvgIpc) is 1.63. The van der Waals surface area contributed by atoms with E-state index in [-0.39, 0.29) is 131 Å². The van der Waals surface area contributed by atoms with Crippen molar-refractivity contribution >= 4 is 97.7 Å². The second-order valence-corrected chi connectivity index (χ2v) is 39.9. The minimum atomic E-state index is -4.84. The number of carbonyl (C=O) groups is 4. The first-order valence-corrected chi connectivity index (χ1v) is 50.4. The molecule has 3 aromatic carbocycles. The topological polar surface area (TPSA) is 634 Å². The molecule has 43 nitrogen and oxygen atoms in total. The number of alkyl halides is 8. The van der Waals surface area contributed by atoms with Gasteiger partial charge < -0.3 is 54.7 Å². The van der Waals surface area contributed by atoms with E-state index in [1.54, 1.807) is 66.5 Å². The standard InChI is InChI=1S/C24H24F4N4O5S.C22H22F4N6O6S.C22H25FN6O5S.C20H21BrFN5O6S/c25-20-2-1-14(6-19(20)24(26,27)28)10-32-4-3-16(11-32)23(34)18-9-30-13-31-21(18)7-15-5-17(22(33)8-15)12-37-38(29,35)36;23-18-17(7-13(19(18)33)10-37-39(27,35)36)30-21-15(8-28-11-29-21)20(34)16-4-5-32(31-16)9-12-2-1-3-14(6-12)38-22(24,25)26;1-13-3-2-4-14(20(13)23)10-29-6-5-18(28-29)21(31)17-9-25-12-26-22(17)27-16-7-15(19(30)8-16)11-34-35(24,32)33;21-16-2-1-13(33-16)8-27-4-3-11(7-27)18(28)14-6-24-10-25-20(14)26-15-5-12(19(29)17(15)22)9-32-34(23,30)31/h1-4,6,9,11,13,15,17,22,33H,5,7-8,10,12H2,(H2,29,35,36);1-6,8,11,13,17-19,33H,7,9-10H2,(H2,27,35,36)(H,28,29,30);2-6,9,12,15-16,19,30H,7-8,10-11H2,1H3,(H2,24,32,33)(H,25,26,27);1-4,6-7,10,12,15,17,19,29H,5,8-9H2,(H2,23,30,31)(H,24,25,26)/t15-,17+,22-;13-,17-,18-,19-;15-,16-,19+;12-,15-,17-,19-/m0111/s1. The number of benzene rings is 3. The Hall–Kier alpha value is -12.8. The van der Waals surface area contributed by atoms with Crippen LogP contribution in [0, 0.1) is 48.1 Å². The minimum absolute atomic E-state index is 0.0171. The number of carbonyl (C=O) groups excluding carboxylic acids is 4. The summed E-state index contributed by atoms with van der Waals surface area (Å²) in [5, 5.41) is 77.3. The molecule has 4 aliphatic carbocycles. The molecule has 0 amide bonds. The summed E-state index contributed by atoms with van der Waals surface area (Å²) in [6, 6.07) is 20.5. The maximum absolute atomic E-state index is 14.8. The van der Waals surface area contributed by atoms with Crippen molar-refractivity contribution in [3.8, 4) is 5.75 Å². The molecule has 0 spiro atoms. The van der Waals surface area contributed by atoms with Crippen molar-refractivity contribution in [3.63, 3.8) is 0 Å². The van der Waals surface area contributed by atoms with Crippen LogP contribution in [0.4, 0.5) is 61.4 Å². The van der Waals surface area contributed by atoms with E-state index in [0.29, 0.717) is 77.0 Å². The van der Waals surface area contributed by atoms with E-state index in [1.807, 2.05) is 6.07 Å². The highest BCUT2D eigenvalue weighted by molar-refractivity contribution is 9.10. The van der Waals surface area contributed by atoms with Gasteiger partial charge in [0.2, 0.25) is 11.6 Å². The van der Waals surface area contributed by atoms with Crippen LogP contribution in [0.25, 0.3) is 0 Å². The second-order valence-electron chi connectivity index (χ2n) is 34.2. The van der Waals surface area contributed by atoms with Gasteiger partial charge in [0.25, 0.3) is 0 Å². The molecule has 15 N–H and O–H groups in total. The first-order valence-electron chi connectivity index (χ1n) is 43.7. The number of ketones is 4. The number of aliphatic hydroxyl groups excluding tert-OH is 4. The van der Waals surface area contributed by atoms with Crippen molar-refractivity contribution in [1.82, 2.24) is 68.6 Å². The van der Waals surface area contributed by atoms with E-state index >= 15 is 0 Å². The van der Waals surface area contributed by atoms with Gasteiger partial charge in [0.05, 0.1) is 116 Å². The van der Waals surface area contributed by atoms with Gasteiger partial charge in [0.15, 0.2) is 16.2 Å². The normalized spacial score (nSPS) is 21.1. The summed E-state index contributed by atoms with van der Waals surface area (Å²) < 4.78 is 256. The minimum Gasteiger partial charge on any atom is -0.452 e. The molecule has 4 fully saturated rings. The Morgan fingerprint density at radius 2 is 0.966 bits per heavy atom. The molecule has 0 unspecified atom stereocenters. The number of furan rings is 1. The van der Waals surface area contributed by atoms with Crippen LogP contribution in [-0.2, 0) is 96.7 Å². The van der Waals surface area contributed by atoms with Gasteiger partial charge in [-0.25, -0.2) is 78.0 Å². The van der Waals surface area contributed by atoms with E-state index in [0.717, 1.165) is 24.5 Å². The fraction of sp³-hybridized carbons (Fsp3) is 0.364. The van der Waals surface area contributed by atoms with Gasteiger partial charge in [-0.1, -0.05) is 36.4 Å². The van der Waals surface area contributed by atoms with Gasteiger partial charge in [-0.3, -0.25) is 45.3 Å². The molecule has 4 saturated carbocycles. The number of hydrogen-bond acceptors (Lipinski definition) is 35. The lowest BCUT2D eigenvalue weighted by Crippen LogP contribution is -2.33. The molecule has 146 heavy (non-hydrogen) atoms. The number of aliphatic hydroxyl groups is 4. The summed E-state index contributed by atoms with van der Waals surface area (Å²) in [4.78, 5) is 84.7. The molecular formula is C88H92BrF10N21O22S4. The maximum atomic E-state index is 14.8. The zero-order chi connectivity index (χ0) is 106. The Morgan fingerprint density at radius 3 is 1.48 bits per heavy atom. The number of halogens is 11. The third kappa shape index (κ3) is 30.9. The molecule has 0 radical (unpaired) electrons. The zero-order valence-electron chi connectivity index (χ0n) is 76.0. The van der Waals surface area contributed by atoms with E-state index in [1.165, 1.54) is 113 Å². The third-order valence-corrected chi connectivity index (χ3v) is 25.9. The van der Waals surface area contributed by atoms with Crippen LogP contribution in [0.1, 0.15) is 142 Å². The molecule has 12 aromatic rings. The summed E-state index contributed by atoms with van der Waals surface area (Å²) in [7, 11) is -16.8. The Morgan fingerprint density at radius 1 is 0.500 bits per heavy atom. The highest BCUT2D eigenvalue weighted by Crippen LogP contribution is 2.39. The molecule has 782 valence electrons. The number of nitrogens with one attached hydrogen (secondary N) is 3. The molecule has 4 aliphatic rings. The van der Waals surface area contributed by atoms with Gasteiger partial charge in [-0.05, 0) is 151 Å². The molecule has 14 atom stereocenters. The van der Waals surface area contributed by atoms with Crippen LogP contribution in [-0.4, -0.2) is 233 Å². The molecule has 0 saturated heterocycles. The largest absolute Gasteiger partial charge is 0.573 e. The molecule has 9 heterocycles. The number of aromatic nitrogens is 14. The number of rotatable bonds is 37. The predicted molar refractivity (Wildman–Crippen MR) is 495 cm³/mol. The highest BCUT2D eigenvalue weighted by Gasteiger charge is 2.47. The first kappa shape index (κ1) is 110. The molecule has 9 aromatic heterocycles. The summed E-state index contributed by atoms with van der Waals surface area (Å²) in [6.07, 6.45) is 3.40. The zero-order valence-corrected chi connectivity index (χ0v) is 80.9. The second kappa shape index (κ2) is 47.4. The van der Waals surface area contributed by atoms with Crippen molar-refractivity contribution < 1.29 is 143 Å². The van der Waals surface area contributed by atoms with Crippen LogP contribution >= 0.6 is 15.9 Å². The van der Waals surface area contributed by atoms with E-state index in [9.17, 15) is 117 Å². The Labute approximate surface area is 833 Å². The van der Waals surface area contributed by atoms with Crippen LogP contribution in [0.3, 0.4) is 0 Å². The van der Waals surface area contributed by atoms with Crippen molar-refractivity contribution in [2.75, 3.05) is 42.4 Å².